The summed E-state index contributed by atoms with van der Waals surface area (Å²) in [4.78, 5) is 8.02. The molecule has 4 aromatic rings. The van der Waals surface area contributed by atoms with Crippen molar-refractivity contribution in [3.8, 4) is 22.3 Å². The summed E-state index contributed by atoms with van der Waals surface area (Å²) in [5.74, 6) is 0.925. The summed E-state index contributed by atoms with van der Waals surface area (Å²) in [7, 11) is 0. The molecule has 0 saturated heterocycles. The van der Waals surface area contributed by atoms with Gasteiger partial charge in [-0.1, -0.05) is 0 Å². The molecule has 0 unspecified atom stereocenters. The lowest BCUT2D eigenvalue weighted by molar-refractivity contribution is 1.17. The number of aryl methyl sites for hydroxylation is 3. The van der Waals surface area contributed by atoms with E-state index in [1.54, 1.807) is 0 Å². The molecule has 0 aliphatic heterocycles. The second kappa shape index (κ2) is 5.00. The smallest absolute Gasteiger partial charge is 0.104 e. The Morgan fingerprint density at radius 1 is 0.864 bits per heavy atom. The molecule has 0 radical (unpaired) electrons. The van der Waals surface area contributed by atoms with Gasteiger partial charge >= 0.3 is 0 Å². The summed E-state index contributed by atoms with van der Waals surface area (Å²) in [5, 5.41) is 4.19. The van der Waals surface area contributed by atoms with Gasteiger partial charge in [0.25, 0.3) is 0 Å². The van der Waals surface area contributed by atoms with Crippen molar-refractivity contribution < 1.29 is 0 Å². The van der Waals surface area contributed by atoms with Crippen LogP contribution in [0.15, 0.2) is 22.9 Å². The van der Waals surface area contributed by atoms with Gasteiger partial charge in [-0.15, -0.1) is 0 Å². The quantitative estimate of drug-likeness (QED) is 0.579. The Labute approximate surface area is 136 Å². The third-order valence-electron chi connectivity index (χ3n) is 3.81. The maximum absolute atomic E-state index is 4.66. The third-order valence-corrected chi connectivity index (χ3v) is 5.25. The molecule has 1 aromatic carbocycles. The SMILES string of the molecule is Cc1nc2c(-c3csnc3C)cc(-c3csnc3C)cc2[nH]1. The monoisotopic (exact) mass is 326 g/mol. The van der Waals surface area contributed by atoms with Crippen molar-refractivity contribution in [2.75, 3.05) is 0 Å². The summed E-state index contributed by atoms with van der Waals surface area (Å²) in [5.41, 5.74) is 8.81. The average molecular weight is 326 g/mol. The number of benzene rings is 1. The number of nitrogens with one attached hydrogen (secondary N) is 1. The van der Waals surface area contributed by atoms with Crippen molar-refractivity contribution >= 4 is 34.1 Å². The standard InChI is InChI=1S/C16H14N4S2/c1-8-13(6-21-19-8)11-4-12(14-7-22-20-9(14)2)16-15(5-11)17-10(3)18-16/h4-7H,1-3H3,(H,17,18). The minimum absolute atomic E-state index is 0.925. The summed E-state index contributed by atoms with van der Waals surface area (Å²) in [6.07, 6.45) is 0. The summed E-state index contributed by atoms with van der Waals surface area (Å²) in [6.45, 7) is 6.08. The molecule has 4 nitrogen and oxygen atoms in total. The number of aromatic amines is 1. The molecule has 4 rings (SSSR count). The normalized spacial score (nSPS) is 11.4. The zero-order chi connectivity index (χ0) is 15.3. The van der Waals surface area contributed by atoms with Gasteiger partial charge in [-0.05, 0) is 61.5 Å². The van der Waals surface area contributed by atoms with E-state index in [0.29, 0.717) is 0 Å². The van der Waals surface area contributed by atoms with E-state index < -0.39 is 0 Å². The van der Waals surface area contributed by atoms with Crippen molar-refractivity contribution in [2.45, 2.75) is 20.8 Å². The molecule has 0 aliphatic carbocycles. The number of hydrogen-bond acceptors (Lipinski definition) is 5. The maximum Gasteiger partial charge on any atom is 0.104 e. The van der Waals surface area contributed by atoms with Gasteiger partial charge in [0.2, 0.25) is 0 Å². The zero-order valence-electron chi connectivity index (χ0n) is 12.5. The minimum atomic E-state index is 0.925. The fourth-order valence-electron chi connectivity index (χ4n) is 2.72. The number of hydrogen-bond donors (Lipinski definition) is 1. The van der Waals surface area contributed by atoms with E-state index in [-0.39, 0.29) is 0 Å². The summed E-state index contributed by atoms with van der Waals surface area (Å²) >= 11 is 2.98. The lowest BCUT2D eigenvalue weighted by atomic mass is 9.98. The van der Waals surface area contributed by atoms with Crippen molar-refractivity contribution in [1.29, 1.82) is 0 Å². The van der Waals surface area contributed by atoms with Gasteiger partial charge in [0.1, 0.15) is 5.82 Å². The lowest BCUT2D eigenvalue weighted by Gasteiger charge is -2.06. The van der Waals surface area contributed by atoms with Crippen LogP contribution in [0.2, 0.25) is 0 Å². The highest BCUT2D eigenvalue weighted by Crippen LogP contribution is 2.36. The van der Waals surface area contributed by atoms with Crippen molar-refractivity contribution in [3.05, 3.63) is 40.1 Å². The topological polar surface area (TPSA) is 54.5 Å². The van der Waals surface area contributed by atoms with E-state index >= 15 is 0 Å². The molecule has 22 heavy (non-hydrogen) atoms. The minimum Gasteiger partial charge on any atom is -0.342 e. The van der Waals surface area contributed by atoms with Crippen LogP contribution < -0.4 is 0 Å². The molecule has 0 spiro atoms. The number of imidazole rings is 1. The molecule has 0 aliphatic rings. The number of aromatic nitrogens is 4. The molecule has 3 heterocycles. The van der Waals surface area contributed by atoms with Gasteiger partial charge in [-0.25, -0.2) is 4.98 Å². The van der Waals surface area contributed by atoms with E-state index in [9.17, 15) is 0 Å². The first-order valence-electron chi connectivity index (χ1n) is 6.96. The number of H-pyrrole nitrogens is 1. The molecule has 0 atom stereocenters. The van der Waals surface area contributed by atoms with Crippen LogP contribution in [0, 0.1) is 20.8 Å². The number of nitrogens with zero attached hydrogens (tertiary/aromatic N) is 3. The average Bonchev–Trinajstić information content (AvgIpc) is 3.17. The van der Waals surface area contributed by atoms with Crippen molar-refractivity contribution in [1.82, 2.24) is 18.7 Å². The highest BCUT2D eigenvalue weighted by molar-refractivity contribution is 7.04. The second-order valence-corrected chi connectivity index (χ2v) is 6.63. The molecule has 3 aromatic heterocycles. The van der Waals surface area contributed by atoms with E-state index in [1.807, 2.05) is 20.8 Å². The van der Waals surface area contributed by atoms with Crippen molar-refractivity contribution in [3.63, 3.8) is 0 Å². The van der Waals surface area contributed by atoms with Crippen LogP contribution in [-0.2, 0) is 0 Å². The first kappa shape index (κ1) is 13.6. The third kappa shape index (κ3) is 2.07. The van der Waals surface area contributed by atoms with Gasteiger partial charge in [0.05, 0.1) is 22.4 Å². The molecule has 110 valence electrons. The second-order valence-electron chi connectivity index (χ2n) is 5.37. The van der Waals surface area contributed by atoms with E-state index in [1.165, 1.54) is 34.2 Å². The lowest BCUT2D eigenvalue weighted by Crippen LogP contribution is -1.86. The Kier molecular flexibility index (Phi) is 3.09. The van der Waals surface area contributed by atoms with Gasteiger partial charge in [0, 0.05) is 27.5 Å². The molecule has 1 N–H and O–H groups in total. The van der Waals surface area contributed by atoms with Gasteiger partial charge in [0.15, 0.2) is 0 Å². The van der Waals surface area contributed by atoms with Crippen LogP contribution in [0.5, 0.6) is 0 Å². The molecular formula is C16H14N4S2. The molecule has 0 amide bonds. The largest absolute Gasteiger partial charge is 0.342 e. The van der Waals surface area contributed by atoms with E-state index in [0.717, 1.165) is 39.4 Å². The number of fused-ring (bicyclic) bond motifs is 1. The molecule has 0 fully saturated rings. The fourth-order valence-corrected chi connectivity index (χ4v) is 4.16. The molecule has 0 bridgehead atoms. The van der Waals surface area contributed by atoms with Gasteiger partial charge < -0.3 is 4.98 Å². The molecular weight excluding hydrogens is 312 g/mol. The Morgan fingerprint density at radius 2 is 1.55 bits per heavy atom. The Hall–Kier alpha value is -2.05. The zero-order valence-corrected chi connectivity index (χ0v) is 14.1. The maximum atomic E-state index is 4.66. The van der Waals surface area contributed by atoms with E-state index in [2.05, 4.69) is 41.6 Å². The first-order valence-corrected chi connectivity index (χ1v) is 8.64. The highest BCUT2D eigenvalue weighted by atomic mass is 32.1. The van der Waals surface area contributed by atoms with Gasteiger partial charge in [-0.3, -0.25) is 0 Å². The van der Waals surface area contributed by atoms with Crippen molar-refractivity contribution in [2.24, 2.45) is 0 Å². The highest BCUT2D eigenvalue weighted by Gasteiger charge is 2.15. The van der Waals surface area contributed by atoms with Gasteiger partial charge in [-0.2, -0.15) is 8.75 Å². The Balaban J connectivity index is 2.06. The van der Waals surface area contributed by atoms with E-state index in [4.69, 9.17) is 0 Å². The Morgan fingerprint density at radius 3 is 2.18 bits per heavy atom. The van der Waals surface area contributed by atoms with Crippen LogP contribution in [0.4, 0.5) is 0 Å². The van der Waals surface area contributed by atoms with Crippen LogP contribution in [0.25, 0.3) is 33.3 Å². The van der Waals surface area contributed by atoms with Crippen LogP contribution in [0.1, 0.15) is 17.2 Å². The first-order chi connectivity index (χ1) is 10.6. The Bertz CT molecular complexity index is 977. The predicted molar refractivity (Wildman–Crippen MR) is 92.5 cm³/mol. The molecule has 6 heteroatoms. The van der Waals surface area contributed by atoms with Crippen LogP contribution in [0.3, 0.4) is 0 Å². The number of rotatable bonds is 2. The predicted octanol–water partition coefficient (Wildman–Crippen LogP) is 4.74. The summed E-state index contributed by atoms with van der Waals surface area (Å²) in [6, 6.07) is 4.36. The molecule has 0 saturated carbocycles. The van der Waals surface area contributed by atoms with Crippen LogP contribution in [-0.4, -0.2) is 18.7 Å². The van der Waals surface area contributed by atoms with Crippen LogP contribution >= 0.6 is 23.1 Å². The fraction of sp³-hybridized carbons (Fsp3) is 0.188. The summed E-state index contributed by atoms with van der Waals surface area (Å²) < 4.78 is 8.80.